The smallest absolute Gasteiger partial charge is 0.388 e. The molecule has 256 valence electrons. The number of unbranched alkanes of at least 4 members (excludes halogenated alkanes) is 15. The Kier molecular flexibility index (Phi) is 19.5. The molecule has 1 saturated heterocycles. The maximum atomic E-state index is 12.2. The van der Waals surface area contributed by atoms with Crippen molar-refractivity contribution < 1.29 is 43.3 Å². The highest BCUT2D eigenvalue weighted by Crippen LogP contribution is 2.44. The summed E-state index contributed by atoms with van der Waals surface area (Å²) < 4.78 is 33.8. The average molecular weight is 650 g/mol. The van der Waals surface area contributed by atoms with E-state index in [9.17, 15) is 29.6 Å². The van der Waals surface area contributed by atoms with Gasteiger partial charge in [0, 0.05) is 12.8 Å². The van der Waals surface area contributed by atoms with Crippen LogP contribution in [0.5, 0.6) is 0 Å². The number of nitrogens with two attached hydrogens (primary N) is 1. The number of nitrogens with zero attached hydrogens (tertiary/aromatic N) is 2. The third kappa shape index (κ3) is 15.7. The fourth-order valence-electron chi connectivity index (χ4n) is 5.12. The molecule has 0 bridgehead atoms. The summed E-state index contributed by atoms with van der Waals surface area (Å²) in [6, 6.07) is 1.32. The van der Waals surface area contributed by atoms with Crippen LogP contribution in [0.4, 0.5) is 5.82 Å². The van der Waals surface area contributed by atoms with Crippen LogP contribution in [0.2, 0.25) is 0 Å². The third-order valence-corrected chi connectivity index (χ3v) is 8.70. The largest absolute Gasteiger partial charge is 0.472 e. The van der Waals surface area contributed by atoms with Crippen molar-refractivity contribution in [2.75, 3.05) is 32.2 Å². The molecular weight excluding hydrogens is 593 g/mol. The molecule has 0 saturated carbocycles. The number of aliphatic hydroxyl groups is 3. The Bertz CT molecular complexity index is 1000. The van der Waals surface area contributed by atoms with E-state index in [1.54, 1.807) is 0 Å². The van der Waals surface area contributed by atoms with Gasteiger partial charge < -0.3 is 35.4 Å². The molecular formula is C30H56N3O10P. The van der Waals surface area contributed by atoms with Crippen molar-refractivity contribution in [1.29, 1.82) is 0 Å². The summed E-state index contributed by atoms with van der Waals surface area (Å²) in [5.74, 6) is -0.0228. The van der Waals surface area contributed by atoms with E-state index in [0.717, 1.165) is 23.8 Å². The lowest BCUT2D eigenvalue weighted by Gasteiger charge is -2.19. The standard InChI is InChI=1S/C30H56N3O10P/c1-2-3-4-5-6-7-8-9-10-11-12-13-14-15-16-17-20-40-21-24(34)22-41-44(38,39)42-23-25-27(35)28(36)29(43-25)33-19-18-26(31)32-30(33)37/h18-19,24-25,27-29,34-36H,2-17,20-23H2,1H3,(H,38,39)(H2,31,32,37)/t24?,25-,27-,28+,29-/m1/s1. The Morgan fingerprint density at radius 1 is 0.909 bits per heavy atom. The molecule has 1 fully saturated rings. The van der Waals surface area contributed by atoms with Crippen LogP contribution in [0.3, 0.4) is 0 Å². The maximum Gasteiger partial charge on any atom is 0.472 e. The van der Waals surface area contributed by atoms with Crippen LogP contribution in [-0.4, -0.2) is 80.6 Å². The SMILES string of the molecule is CCCCCCCCCCCCCCCCCCOCC(O)COP(=O)(O)OC[C@H]1O[C@@H](n2ccc(N)nc2=O)[C@@H](O)[C@@H]1O. The first kappa shape index (κ1) is 38.8. The van der Waals surface area contributed by atoms with Gasteiger partial charge in [-0.2, -0.15) is 4.98 Å². The number of phosphoric acid groups is 1. The molecule has 0 radical (unpaired) electrons. The van der Waals surface area contributed by atoms with Crippen LogP contribution < -0.4 is 11.4 Å². The second-order valence-corrected chi connectivity index (χ2v) is 13.1. The van der Waals surface area contributed by atoms with Crippen LogP contribution >= 0.6 is 7.82 Å². The van der Waals surface area contributed by atoms with Gasteiger partial charge in [-0.15, -0.1) is 0 Å². The lowest BCUT2D eigenvalue weighted by molar-refractivity contribution is -0.0567. The highest BCUT2D eigenvalue weighted by atomic mass is 31.2. The molecule has 1 aromatic rings. The molecule has 1 aliphatic heterocycles. The molecule has 6 N–H and O–H groups in total. The molecule has 0 spiro atoms. The second-order valence-electron chi connectivity index (χ2n) is 11.7. The number of anilines is 1. The molecule has 44 heavy (non-hydrogen) atoms. The van der Waals surface area contributed by atoms with E-state index >= 15 is 0 Å². The van der Waals surface area contributed by atoms with Gasteiger partial charge in [-0.25, -0.2) is 9.36 Å². The first-order chi connectivity index (χ1) is 21.1. The van der Waals surface area contributed by atoms with E-state index in [-0.39, 0.29) is 12.4 Å². The lowest BCUT2D eigenvalue weighted by Crippen LogP contribution is -2.36. The van der Waals surface area contributed by atoms with Crippen molar-refractivity contribution in [2.45, 2.75) is 140 Å². The molecule has 2 rings (SSSR count). The highest BCUT2D eigenvalue weighted by Gasteiger charge is 2.45. The van der Waals surface area contributed by atoms with Crippen LogP contribution in [0, 0.1) is 0 Å². The number of aliphatic hydroxyl groups excluding tert-OH is 3. The van der Waals surface area contributed by atoms with Gasteiger partial charge >= 0.3 is 13.5 Å². The summed E-state index contributed by atoms with van der Waals surface area (Å²) in [5, 5.41) is 30.5. The summed E-state index contributed by atoms with van der Waals surface area (Å²) in [6.45, 7) is 1.56. The van der Waals surface area contributed by atoms with Crippen LogP contribution in [0.15, 0.2) is 17.1 Å². The van der Waals surface area contributed by atoms with Crippen molar-refractivity contribution in [3.8, 4) is 0 Å². The van der Waals surface area contributed by atoms with E-state index in [1.807, 2.05) is 0 Å². The van der Waals surface area contributed by atoms with E-state index in [4.69, 9.17) is 24.3 Å². The van der Waals surface area contributed by atoms with Gasteiger partial charge in [0.1, 0.15) is 30.2 Å². The van der Waals surface area contributed by atoms with Gasteiger partial charge in [-0.3, -0.25) is 13.6 Å². The maximum absolute atomic E-state index is 12.2. The summed E-state index contributed by atoms with van der Waals surface area (Å²) in [6.07, 6.45) is 15.1. The number of ether oxygens (including phenoxy) is 2. The van der Waals surface area contributed by atoms with Crippen molar-refractivity contribution in [3.05, 3.63) is 22.7 Å². The summed E-state index contributed by atoms with van der Waals surface area (Å²) in [7, 11) is -4.62. The van der Waals surface area contributed by atoms with Crippen molar-refractivity contribution >= 4 is 13.6 Å². The summed E-state index contributed by atoms with van der Waals surface area (Å²) in [4.78, 5) is 25.5. The first-order valence-electron chi connectivity index (χ1n) is 16.4. The Hall–Kier alpha value is -1.41. The molecule has 0 aliphatic carbocycles. The molecule has 1 aromatic heterocycles. The molecule has 1 aliphatic rings. The molecule has 2 unspecified atom stereocenters. The molecule has 13 nitrogen and oxygen atoms in total. The van der Waals surface area contributed by atoms with Crippen molar-refractivity contribution in [2.24, 2.45) is 0 Å². The molecule has 2 heterocycles. The normalized spacial score (nSPS) is 22.3. The second kappa shape index (κ2) is 22.2. The van der Waals surface area contributed by atoms with Gasteiger partial charge in [-0.1, -0.05) is 103 Å². The van der Waals surface area contributed by atoms with E-state index < -0.39 is 57.4 Å². The van der Waals surface area contributed by atoms with Crippen LogP contribution in [0.25, 0.3) is 0 Å². The predicted octanol–water partition coefficient (Wildman–Crippen LogP) is 4.22. The molecule has 14 heteroatoms. The van der Waals surface area contributed by atoms with E-state index in [1.165, 1.54) is 95.7 Å². The van der Waals surface area contributed by atoms with Crippen molar-refractivity contribution in [3.63, 3.8) is 0 Å². The third-order valence-electron chi connectivity index (χ3n) is 7.75. The molecule has 6 atom stereocenters. The summed E-state index contributed by atoms with van der Waals surface area (Å²) in [5.41, 5.74) is 4.65. The Morgan fingerprint density at radius 2 is 1.45 bits per heavy atom. The fourth-order valence-corrected chi connectivity index (χ4v) is 5.89. The van der Waals surface area contributed by atoms with Crippen LogP contribution in [0.1, 0.15) is 116 Å². The number of phosphoric ester groups is 1. The first-order valence-corrected chi connectivity index (χ1v) is 17.9. The number of hydrogen-bond acceptors (Lipinski definition) is 11. The van der Waals surface area contributed by atoms with Gasteiger partial charge in [0.15, 0.2) is 6.23 Å². The minimum absolute atomic E-state index is 0.0228. The van der Waals surface area contributed by atoms with Gasteiger partial charge in [0.25, 0.3) is 0 Å². The zero-order valence-electron chi connectivity index (χ0n) is 26.3. The quantitative estimate of drug-likeness (QED) is 0.0709. The van der Waals surface area contributed by atoms with Gasteiger partial charge in [-0.05, 0) is 12.5 Å². The topological polar surface area (TPSA) is 196 Å². The monoisotopic (exact) mass is 649 g/mol. The molecule has 0 aromatic carbocycles. The number of hydrogen-bond donors (Lipinski definition) is 5. The molecule has 0 amide bonds. The minimum atomic E-state index is -4.62. The average Bonchev–Trinajstić information content (AvgIpc) is 3.27. The lowest BCUT2D eigenvalue weighted by atomic mass is 10.0. The Labute approximate surface area is 261 Å². The Balaban J connectivity index is 1.45. The van der Waals surface area contributed by atoms with Gasteiger partial charge in [0.05, 0.1) is 19.8 Å². The number of aromatic nitrogens is 2. The Morgan fingerprint density at radius 3 is 2.00 bits per heavy atom. The van der Waals surface area contributed by atoms with Gasteiger partial charge in [0.2, 0.25) is 0 Å². The van der Waals surface area contributed by atoms with E-state index in [0.29, 0.717) is 6.61 Å². The fraction of sp³-hybridized carbons (Fsp3) is 0.867. The minimum Gasteiger partial charge on any atom is -0.388 e. The van der Waals surface area contributed by atoms with Crippen LogP contribution in [-0.2, 0) is 23.1 Å². The summed E-state index contributed by atoms with van der Waals surface area (Å²) >= 11 is 0. The highest BCUT2D eigenvalue weighted by molar-refractivity contribution is 7.47. The predicted molar refractivity (Wildman–Crippen MR) is 167 cm³/mol. The number of nitrogen functional groups attached to an aromatic ring is 1. The zero-order valence-corrected chi connectivity index (χ0v) is 27.2. The van der Waals surface area contributed by atoms with Crippen molar-refractivity contribution in [1.82, 2.24) is 9.55 Å². The number of rotatable bonds is 26. The van der Waals surface area contributed by atoms with E-state index in [2.05, 4.69) is 11.9 Å². The zero-order chi connectivity index (χ0) is 32.2.